The minimum atomic E-state index is -0.400. The third-order valence-electron chi connectivity index (χ3n) is 4.31. The molecule has 2 aliphatic heterocycles. The molecule has 0 N–H and O–H groups in total. The van der Waals surface area contributed by atoms with Crippen LogP contribution in [0.3, 0.4) is 0 Å². The van der Waals surface area contributed by atoms with Crippen molar-refractivity contribution in [3.63, 3.8) is 0 Å². The van der Waals surface area contributed by atoms with E-state index in [0.29, 0.717) is 18.0 Å². The van der Waals surface area contributed by atoms with Crippen molar-refractivity contribution in [1.82, 2.24) is 4.90 Å². The summed E-state index contributed by atoms with van der Waals surface area (Å²) in [5.74, 6) is 0.706. The maximum absolute atomic E-state index is 12.3. The van der Waals surface area contributed by atoms with Crippen LogP contribution >= 0.6 is 0 Å². The number of carbonyl (C=O) groups is 1. The molecular formula is C16H29NO3. The molecule has 1 amide bonds. The lowest BCUT2D eigenvalue weighted by molar-refractivity contribution is -0.000220. The van der Waals surface area contributed by atoms with Crippen molar-refractivity contribution in [3.8, 4) is 0 Å². The summed E-state index contributed by atoms with van der Waals surface area (Å²) >= 11 is 0. The van der Waals surface area contributed by atoms with Gasteiger partial charge in [-0.05, 0) is 65.7 Å². The summed E-state index contributed by atoms with van der Waals surface area (Å²) in [6, 6.07) is 0.769. The van der Waals surface area contributed by atoms with Crippen molar-refractivity contribution in [3.05, 3.63) is 0 Å². The minimum absolute atomic E-state index is 0.117. The van der Waals surface area contributed by atoms with Crippen molar-refractivity contribution in [2.24, 2.45) is 5.92 Å². The van der Waals surface area contributed by atoms with Crippen LogP contribution in [-0.4, -0.2) is 41.9 Å². The van der Waals surface area contributed by atoms with Crippen molar-refractivity contribution in [2.45, 2.75) is 77.5 Å². The molecule has 0 aromatic carbocycles. The second-order valence-corrected chi connectivity index (χ2v) is 7.10. The monoisotopic (exact) mass is 283 g/mol. The number of rotatable bonds is 4. The summed E-state index contributed by atoms with van der Waals surface area (Å²) in [4.78, 5) is 14.3. The SMILES string of the molecule is CCOCC[C@H]1C[C@H]2CC[C@@H](C1)N2C(=O)OC(C)(C)C. The van der Waals surface area contributed by atoms with Crippen molar-refractivity contribution < 1.29 is 14.3 Å². The predicted octanol–water partition coefficient (Wildman–Crippen LogP) is 3.59. The zero-order valence-corrected chi connectivity index (χ0v) is 13.4. The Morgan fingerprint density at radius 1 is 1.20 bits per heavy atom. The van der Waals surface area contributed by atoms with E-state index in [0.717, 1.165) is 45.3 Å². The molecule has 0 saturated carbocycles. The summed E-state index contributed by atoms with van der Waals surface area (Å²) < 4.78 is 11.0. The molecule has 3 atom stereocenters. The van der Waals surface area contributed by atoms with Gasteiger partial charge < -0.3 is 14.4 Å². The average Bonchev–Trinajstić information content (AvgIpc) is 2.60. The highest BCUT2D eigenvalue weighted by Gasteiger charge is 2.44. The summed E-state index contributed by atoms with van der Waals surface area (Å²) in [5, 5.41) is 0. The van der Waals surface area contributed by atoms with Gasteiger partial charge in [-0.2, -0.15) is 0 Å². The topological polar surface area (TPSA) is 38.8 Å². The van der Waals surface area contributed by atoms with Crippen LogP contribution in [0, 0.1) is 5.92 Å². The predicted molar refractivity (Wildman–Crippen MR) is 78.7 cm³/mol. The first-order valence-electron chi connectivity index (χ1n) is 7.99. The van der Waals surface area contributed by atoms with Gasteiger partial charge in [-0.25, -0.2) is 4.79 Å². The molecule has 20 heavy (non-hydrogen) atoms. The van der Waals surface area contributed by atoms with Crippen LogP contribution in [0.1, 0.15) is 59.8 Å². The molecule has 2 heterocycles. The minimum Gasteiger partial charge on any atom is -0.444 e. The van der Waals surface area contributed by atoms with Crippen LogP contribution in [0.2, 0.25) is 0 Å². The fraction of sp³-hybridized carbons (Fsp3) is 0.938. The molecule has 0 aromatic heterocycles. The van der Waals surface area contributed by atoms with E-state index in [9.17, 15) is 4.79 Å². The number of fused-ring (bicyclic) bond motifs is 2. The van der Waals surface area contributed by atoms with E-state index in [4.69, 9.17) is 9.47 Å². The number of nitrogens with zero attached hydrogens (tertiary/aromatic N) is 1. The second-order valence-electron chi connectivity index (χ2n) is 7.10. The smallest absolute Gasteiger partial charge is 0.410 e. The molecule has 0 unspecified atom stereocenters. The molecule has 0 aromatic rings. The lowest BCUT2D eigenvalue weighted by atomic mass is 9.88. The van der Waals surface area contributed by atoms with Crippen LogP contribution < -0.4 is 0 Å². The van der Waals surface area contributed by atoms with Crippen molar-refractivity contribution >= 4 is 6.09 Å². The Morgan fingerprint density at radius 2 is 1.80 bits per heavy atom. The van der Waals surface area contributed by atoms with Crippen LogP contribution in [0.25, 0.3) is 0 Å². The summed E-state index contributed by atoms with van der Waals surface area (Å²) in [7, 11) is 0. The normalized spacial score (nSPS) is 29.6. The molecule has 0 spiro atoms. The van der Waals surface area contributed by atoms with E-state index in [1.807, 2.05) is 32.6 Å². The first kappa shape index (κ1) is 15.6. The number of hydrogen-bond donors (Lipinski definition) is 0. The highest BCUT2D eigenvalue weighted by Crippen LogP contribution is 2.40. The summed E-state index contributed by atoms with van der Waals surface area (Å²) in [6.07, 6.45) is 5.51. The Bertz CT molecular complexity index is 323. The molecule has 0 radical (unpaired) electrons. The van der Waals surface area contributed by atoms with E-state index in [2.05, 4.69) is 0 Å². The third kappa shape index (κ3) is 3.87. The number of hydrogen-bond acceptors (Lipinski definition) is 3. The van der Waals surface area contributed by atoms with Crippen LogP contribution in [0.15, 0.2) is 0 Å². The molecule has 2 rings (SSSR count). The van der Waals surface area contributed by atoms with Gasteiger partial charge in [0, 0.05) is 25.3 Å². The quantitative estimate of drug-likeness (QED) is 0.740. The number of carbonyl (C=O) groups excluding carboxylic acids is 1. The molecule has 4 nitrogen and oxygen atoms in total. The van der Waals surface area contributed by atoms with Gasteiger partial charge in [-0.15, -0.1) is 0 Å². The fourth-order valence-corrected chi connectivity index (χ4v) is 3.53. The zero-order chi connectivity index (χ0) is 14.8. The number of ether oxygens (including phenoxy) is 2. The average molecular weight is 283 g/mol. The van der Waals surface area contributed by atoms with Gasteiger partial charge >= 0.3 is 6.09 Å². The number of amides is 1. The Hall–Kier alpha value is -0.770. The van der Waals surface area contributed by atoms with Crippen molar-refractivity contribution in [1.29, 1.82) is 0 Å². The molecule has 2 aliphatic rings. The molecule has 0 aliphatic carbocycles. The number of piperidine rings is 1. The Labute approximate surface area is 122 Å². The lowest BCUT2D eigenvalue weighted by Crippen LogP contribution is -2.48. The Balaban J connectivity index is 1.88. The van der Waals surface area contributed by atoms with Crippen molar-refractivity contribution in [2.75, 3.05) is 13.2 Å². The standard InChI is InChI=1S/C16H29NO3/c1-5-19-9-8-12-10-13-6-7-14(11-12)17(13)15(18)20-16(2,3)4/h12-14H,5-11H2,1-4H3/t12-,13+,14-. The van der Waals surface area contributed by atoms with Gasteiger partial charge in [0.05, 0.1) is 0 Å². The van der Waals surface area contributed by atoms with E-state index in [1.165, 1.54) is 0 Å². The molecule has 116 valence electrons. The van der Waals surface area contributed by atoms with Crippen LogP contribution in [0.5, 0.6) is 0 Å². The summed E-state index contributed by atoms with van der Waals surface area (Å²) in [5.41, 5.74) is -0.400. The largest absolute Gasteiger partial charge is 0.444 e. The van der Waals surface area contributed by atoms with Crippen LogP contribution in [0.4, 0.5) is 4.79 Å². The van der Waals surface area contributed by atoms with Gasteiger partial charge in [0.1, 0.15) is 5.60 Å². The third-order valence-corrected chi connectivity index (χ3v) is 4.31. The lowest BCUT2D eigenvalue weighted by Gasteiger charge is -2.39. The van der Waals surface area contributed by atoms with E-state index >= 15 is 0 Å². The maximum Gasteiger partial charge on any atom is 0.410 e. The van der Waals surface area contributed by atoms with E-state index in [-0.39, 0.29) is 6.09 Å². The van der Waals surface area contributed by atoms with Crippen LogP contribution in [-0.2, 0) is 9.47 Å². The van der Waals surface area contributed by atoms with Gasteiger partial charge in [0.25, 0.3) is 0 Å². The highest BCUT2D eigenvalue weighted by molar-refractivity contribution is 5.69. The Kier molecular flexibility index (Phi) is 4.95. The van der Waals surface area contributed by atoms with E-state index < -0.39 is 5.60 Å². The maximum atomic E-state index is 12.3. The Morgan fingerprint density at radius 3 is 2.30 bits per heavy atom. The zero-order valence-electron chi connectivity index (χ0n) is 13.4. The molecule has 4 heteroatoms. The van der Waals surface area contributed by atoms with Gasteiger partial charge in [-0.3, -0.25) is 0 Å². The van der Waals surface area contributed by atoms with Gasteiger partial charge in [0.15, 0.2) is 0 Å². The van der Waals surface area contributed by atoms with E-state index in [1.54, 1.807) is 0 Å². The van der Waals surface area contributed by atoms with Gasteiger partial charge in [0.2, 0.25) is 0 Å². The first-order valence-corrected chi connectivity index (χ1v) is 7.99. The highest BCUT2D eigenvalue weighted by atomic mass is 16.6. The molecule has 2 fully saturated rings. The molecular weight excluding hydrogens is 254 g/mol. The first-order chi connectivity index (χ1) is 9.40. The van der Waals surface area contributed by atoms with Gasteiger partial charge in [-0.1, -0.05) is 0 Å². The second kappa shape index (κ2) is 6.33. The molecule has 2 bridgehead atoms. The summed E-state index contributed by atoms with van der Waals surface area (Å²) in [6.45, 7) is 9.48. The molecule has 2 saturated heterocycles. The fourth-order valence-electron chi connectivity index (χ4n) is 3.53.